The van der Waals surface area contributed by atoms with Crippen molar-refractivity contribution in [2.24, 2.45) is 10.3 Å². The lowest BCUT2D eigenvalue weighted by Gasteiger charge is -2.05. The van der Waals surface area contributed by atoms with Gasteiger partial charge in [-0.3, -0.25) is 5.43 Å². The van der Waals surface area contributed by atoms with E-state index in [4.69, 9.17) is 16.3 Å². The number of nitrogens with zero attached hydrogens (tertiary/aromatic N) is 2. The lowest BCUT2D eigenvalue weighted by atomic mass is 10.3. The van der Waals surface area contributed by atoms with E-state index in [0.717, 1.165) is 5.69 Å². The first-order valence-electron chi connectivity index (χ1n) is 5.35. The second kappa shape index (κ2) is 6.02. The van der Waals surface area contributed by atoms with Crippen LogP contribution in [0.25, 0.3) is 0 Å². The summed E-state index contributed by atoms with van der Waals surface area (Å²) in [6.45, 7) is 0. The number of hydrogen-bond donors (Lipinski definition) is 1. The molecule has 0 fully saturated rings. The summed E-state index contributed by atoms with van der Waals surface area (Å²) in [5.74, 6) is 0.704. The highest BCUT2D eigenvalue weighted by atomic mass is 35.5. The smallest absolute Gasteiger partial charge is 0.143 e. The summed E-state index contributed by atoms with van der Waals surface area (Å²) in [4.78, 5) is 0. The minimum absolute atomic E-state index is 0.558. The molecule has 4 nitrogen and oxygen atoms in total. The van der Waals surface area contributed by atoms with E-state index in [2.05, 4.69) is 15.8 Å². The number of hydrogen-bond acceptors (Lipinski definition) is 3. The van der Waals surface area contributed by atoms with Crippen molar-refractivity contribution in [3.05, 3.63) is 53.6 Å². The number of halogens is 1. The van der Waals surface area contributed by atoms with Crippen LogP contribution in [-0.4, -0.2) is 7.11 Å². The van der Waals surface area contributed by atoms with Crippen LogP contribution in [0.2, 0.25) is 5.02 Å². The maximum absolute atomic E-state index is 5.96. The molecule has 0 saturated carbocycles. The van der Waals surface area contributed by atoms with Gasteiger partial charge in [0.2, 0.25) is 0 Å². The standard InChI is InChI=1S/C13H12ClN3O/c1-18-13-9-5-4-8-12(13)16-17-15-11-7-3-2-6-10(11)14/h2-9H,1H3,(H,15,16). The summed E-state index contributed by atoms with van der Waals surface area (Å²) in [5, 5.41) is 8.45. The molecule has 0 bridgehead atoms. The summed E-state index contributed by atoms with van der Waals surface area (Å²) in [5.41, 5.74) is 4.17. The largest absolute Gasteiger partial charge is 0.495 e. The Labute approximate surface area is 110 Å². The Balaban J connectivity index is 2.10. The van der Waals surface area contributed by atoms with E-state index in [9.17, 15) is 0 Å². The van der Waals surface area contributed by atoms with E-state index in [-0.39, 0.29) is 0 Å². The van der Waals surface area contributed by atoms with E-state index in [1.165, 1.54) is 0 Å². The molecule has 0 saturated heterocycles. The first-order valence-corrected chi connectivity index (χ1v) is 5.73. The minimum Gasteiger partial charge on any atom is -0.495 e. The first-order chi connectivity index (χ1) is 8.81. The molecule has 0 aliphatic rings. The third-order valence-corrected chi connectivity index (χ3v) is 2.61. The van der Waals surface area contributed by atoms with Gasteiger partial charge in [-0.15, -0.1) is 5.11 Å². The Hall–Kier alpha value is -2.07. The third kappa shape index (κ3) is 2.99. The Bertz CT molecular complexity index is 557. The monoisotopic (exact) mass is 261 g/mol. The summed E-state index contributed by atoms with van der Waals surface area (Å²) >= 11 is 5.96. The lowest BCUT2D eigenvalue weighted by molar-refractivity contribution is 0.416. The van der Waals surface area contributed by atoms with Crippen molar-refractivity contribution < 1.29 is 4.74 Å². The number of methoxy groups -OCH3 is 1. The van der Waals surface area contributed by atoms with Crippen LogP contribution in [0.15, 0.2) is 58.9 Å². The molecule has 0 amide bonds. The Kier molecular flexibility index (Phi) is 4.15. The van der Waals surface area contributed by atoms with Gasteiger partial charge in [0.1, 0.15) is 11.4 Å². The minimum atomic E-state index is 0.558. The average molecular weight is 262 g/mol. The van der Waals surface area contributed by atoms with E-state index in [1.54, 1.807) is 19.2 Å². The Morgan fingerprint density at radius 2 is 1.78 bits per heavy atom. The van der Waals surface area contributed by atoms with E-state index >= 15 is 0 Å². The van der Waals surface area contributed by atoms with Gasteiger partial charge in [-0.25, -0.2) is 0 Å². The molecule has 2 aromatic rings. The zero-order valence-corrected chi connectivity index (χ0v) is 10.6. The third-order valence-electron chi connectivity index (χ3n) is 2.29. The molecule has 2 rings (SSSR count). The molecule has 92 valence electrons. The van der Waals surface area contributed by atoms with Crippen LogP contribution in [0.5, 0.6) is 5.75 Å². The van der Waals surface area contributed by atoms with Crippen molar-refractivity contribution in [1.29, 1.82) is 0 Å². The second-order valence-corrected chi connectivity index (χ2v) is 3.87. The van der Waals surface area contributed by atoms with Gasteiger partial charge in [0.25, 0.3) is 0 Å². The van der Waals surface area contributed by atoms with Crippen molar-refractivity contribution in [2.75, 3.05) is 12.5 Å². The molecule has 2 aromatic carbocycles. The van der Waals surface area contributed by atoms with E-state index in [1.807, 2.05) is 36.4 Å². The molecule has 18 heavy (non-hydrogen) atoms. The molecule has 1 N–H and O–H groups in total. The predicted octanol–water partition coefficient (Wildman–Crippen LogP) is 4.46. The molecular weight excluding hydrogens is 250 g/mol. The lowest BCUT2D eigenvalue weighted by Crippen LogP contribution is -1.91. The molecule has 0 heterocycles. The fourth-order valence-electron chi connectivity index (χ4n) is 1.40. The molecule has 0 aliphatic heterocycles. The zero-order valence-electron chi connectivity index (χ0n) is 9.80. The topological polar surface area (TPSA) is 46.0 Å². The summed E-state index contributed by atoms with van der Waals surface area (Å²) in [6.07, 6.45) is 0. The van der Waals surface area contributed by atoms with Gasteiger partial charge in [0, 0.05) is 0 Å². The molecular formula is C13H12ClN3O. The van der Waals surface area contributed by atoms with Crippen molar-refractivity contribution >= 4 is 23.0 Å². The zero-order chi connectivity index (χ0) is 12.8. The number of rotatable bonds is 4. The summed E-state index contributed by atoms with van der Waals surface area (Å²) in [6, 6.07) is 14.7. The Morgan fingerprint density at radius 3 is 2.56 bits per heavy atom. The van der Waals surface area contributed by atoms with Crippen molar-refractivity contribution in [3.8, 4) is 5.75 Å². The average Bonchev–Trinajstić information content (AvgIpc) is 2.41. The van der Waals surface area contributed by atoms with E-state index < -0.39 is 0 Å². The Morgan fingerprint density at radius 1 is 1.06 bits per heavy atom. The maximum atomic E-state index is 5.96. The molecule has 0 unspecified atom stereocenters. The number of benzene rings is 2. The maximum Gasteiger partial charge on any atom is 0.143 e. The van der Waals surface area contributed by atoms with Gasteiger partial charge in [0.15, 0.2) is 0 Å². The van der Waals surface area contributed by atoms with Crippen LogP contribution in [0.3, 0.4) is 0 Å². The van der Waals surface area contributed by atoms with Crippen molar-refractivity contribution in [1.82, 2.24) is 0 Å². The van der Waals surface area contributed by atoms with Crippen molar-refractivity contribution in [2.45, 2.75) is 0 Å². The highest BCUT2D eigenvalue weighted by molar-refractivity contribution is 6.32. The number of nitrogens with one attached hydrogen (secondary N) is 1. The summed E-state index contributed by atoms with van der Waals surface area (Å²) in [7, 11) is 1.60. The fourth-order valence-corrected chi connectivity index (χ4v) is 1.58. The van der Waals surface area contributed by atoms with Crippen LogP contribution in [0, 0.1) is 0 Å². The van der Waals surface area contributed by atoms with Crippen LogP contribution >= 0.6 is 11.6 Å². The molecule has 5 heteroatoms. The van der Waals surface area contributed by atoms with Gasteiger partial charge < -0.3 is 4.74 Å². The van der Waals surface area contributed by atoms with Gasteiger partial charge in [-0.2, -0.15) is 0 Å². The number of ether oxygens (including phenoxy) is 1. The predicted molar refractivity (Wildman–Crippen MR) is 72.6 cm³/mol. The van der Waals surface area contributed by atoms with E-state index in [0.29, 0.717) is 16.5 Å². The summed E-state index contributed by atoms with van der Waals surface area (Å²) < 4.78 is 5.18. The van der Waals surface area contributed by atoms with Crippen LogP contribution in [-0.2, 0) is 0 Å². The molecule has 0 aromatic heterocycles. The molecule has 0 radical (unpaired) electrons. The SMILES string of the molecule is COc1ccccc1NN=Nc1ccccc1Cl. The number of para-hydroxylation sites is 2. The van der Waals surface area contributed by atoms with Gasteiger partial charge >= 0.3 is 0 Å². The first kappa shape index (κ1) is 12.4. The van der Waals surface area contributed by atoms with Crippen LogP contribution in [0.1, 0.15) is 0 Å². The molecule has 0 atom stereocenters. The van der Waals surface area contributed by atoms with Crippen molar-refractivity contribution in [3.63, 3.8) is 0 Å². The quantitative estimate of drug-likeness (QED) is 0.652. The molecule has 0 spiro atoms. The fraction of sp³-hybridized carbons (Fsp3) is 0.0769. The van der Waals surface area contributed by atoms with Crippen LogP contribution < -0.4 is 10.2 Å². The van der Waals surface area contributed by atoms with Crippen LogP contribution in [0.4, 0.5) is 11.4 Å². The normalized spacial score (nSPS) is 10.6. The second-order valence-electron chi connectivity index (χ2n) is 3.46. The molecule has 0 aliphatic carbocycles. The number of anilines is 1. The van der Waals surface area contributed by atoms with Gasteiger partial charge in [0.05, 0.1) is 17.8 Å². The highest BCUT2D eigenvalue weighted by Crippen LogP contribution is 2.26. The highest BCUT2D eigenvalue weighted by Gasteiger charge is 1.99. The van der Waals surface area contributed by atoms with Gasteiger partial charge in [-0.1, -0.05) is 41.1 Å². The van der Waals surface area contributed by atoms with Gasteiger partial charge in [-0.05, 0) is 24.3 Å².